The number of nitrogens with zero attached hydrogens (tertiary/aromatic N) is 3. The van der Waals surface area contributed by atoms with Crippen molar-refractivity contribution in [2.24, 2.45) is 5.41 Å². The van der Waals surface area contributed by atoms with Gasteiger partial charge in [0.25, 0.3) is 11.7 Å². The van der Waals surface area contributed by atoms with Gasteiger partial charge in [-0.1, -0.05) is 31.5 Å². The van der Waals surface area contributed by atoms with Crippen molar-refractivity contribution in [2.45, 2.75) is 40.3 Å². The SMILES string of the molecule is CC(C)NC(=O)CN1Cc2cc(N3CCNCC(C)(C)C3)ccc2[N+]([O-])=C1c1cccc(Cl)c1. The summed E-state index contributed by atoms with van der Waals surface area (Å²) in [6.07, 6.45) is 0. The van der Waals surface area contributed by atoms with Crippen LogP contribution in [0.2, 0.25) is 5.02 Å². The van der Waals surface area contributed by atoms with Crippen LogP contribution in [-0.4, -0.2) is 60.1 Å². The lowest BCUT2D eigenvalue weighted by molar-refractivity contribution is -0.372. The van der Waals surface area contributed by atoms with E-state index in [0.29, 0.717) is 28.7 Å². The Balaban J connectivity index is 1.73. The topological polar surface area (TPSA) is 73.7 Å². The molecule has 0 spiro atoms. The van der Waals surface area contributed by atoms with Crippen LogP contribution >= 0.6 is 11.6 Å². The molecule has 0 unspecified atom stereocenters. The lowest BCUT2D eigenvalue weighted by Gasteiger charge is -2.33. The van der Waals surface area contributed by atoms with Crippen molar-refractivity contribution in [1.82, 2.24) is 15.5 Å². The number of hydrogen-bond donors (Lipinski definition) is 2. The maximum absolute atomic E-state index is 13.6. The minimum absolute atomic E-state index is 0.0224. The predicted octanol–water partition coefficient (Wildman–Crippen LogP) is 3.70. The van der Waals surface area contributed by atoms with Crippen LogP contribution < -0.4 is 15.5 Å². The number of amidine groups is 1. The van der Waals surface area contributed by atoms with Gasteiger partial charge in [0.1, 0.15) is 12.2 Å². The van der Waals surface area contributed by atoms with E-state index in [2.05, 4.69) is 35.4 Å². The summed E-state index contributed by atoms with van der Waals surface area (Å²) in [4.78, 5) is 16.9. The normalized spacial score (nSPS) is 18.1. The third kappa shape index (κ3) is 5.47. The molecular formula is C26H34ClN5O2. The lowest BCUT2D eigenvalue weighted by atomic mass is 9.93. The van der Waals surface area contributed by atoms with Gasteiger partial charge in [-0.2, -0.15) is 0 Å². The molecule has 0 radical (unpaired) electrons. The highest BCUT2D eigenvalue weighted by molar-refractivity contribution is 6.31. The second kappa shape index (κ2) is 9.84. The number of hydrogen-bond acceptors (Lipinski definition) is 5. The maximum atomic E-state index is 13.6. The molecule has 34 heavy (non-hydrogen) atoms. The molecule has 8 heteroatoms. The highest BCUT2D eigenvalue weighted by Crippen LogP contribution is 2.33. The van der Waals surface area contributed by atoms with Gasteiger partial charge in [-0.25, -0.2) is 9.64 Å². The third-order valence-corrected chi connectivity index (χ3v) is 6.38. The minimum atomic E-state index is -0.122. The molecule has 2 aliphatic rings. The molecule has 1 amide bonds. The van der Waals surface area contributed by atoms with Crippen LogP contribution in [0.5, 0.6) is 0 Å². The first-order chi connectivity index (χ1) is 16.1. The Morgan fingerprint density at radius 3 is 2.79 bits per heavy atom. The molecule has 182 valence electrons. The van der Waals surface area contributed by atoms with Gasteiger partial charge >= 0.3 is 0 Å². The van der Waals surface area contributed by atoms with Gasteiger partial charge in [0.15, 0.2) is 6.54 Å². The van der Waals surface area contributed by atoms with E-state index in [1.807, 2.05) is 43.0 Å². The smallest absolute Gasteiger partial charge is 0.288 e. The lowest BCUT2D eigenvalue weighted by Crippen LogP contribution is -2.46. The monoisotopic (exact) mass is 483 g/mol. The number of anilines is 1. The number of rotatable bonds is 5. The van der Waals surface area contributed by atoms with Crippen LogP contribution in [-0.2, 0) is 11.3 Å². The van der Waals surface area contributed by atoms with E-state index in [1.165, 1.54) is 0 Å². The number of carbonyl (C=O) groups is 1. The van der Waals surface area contributed by atoms with Gasteiger partial charge < -0.3 is 20.7 Å². The summed E-state index contributed by atoms with van der Waals surface area (Å²) < 4.78 is 0.935. The zero-order valence-corrected chi connectivity index (χ0v) is 21.2. The summed E-state index contributed by atoms with van der Waals surface area (Å²) in [6, 6.07) is 13.3. The van der Waals surface area contributed by atoms with E-state index in [4.69, 9.17) is 11.6 Å². The summed E-state index contributed by atoms with van der Waals surface area (Å²) in [5, 5.41) is 20.6. The zero-order valence-electron chi connectivity index (χ0n) is 20.4. The fourth-order valence-corrected chi connectivity index (χ4v) is 4.92. The molecule has 0 atom stereocenters. The fourth-order valence-electron chi connectivity index (χ4n) is 4.73. The van der Waals surface area contributed by atoms with E-state index in [0.717, 1.165) is 42.2 Å². The number of amides is 1. The molecule has 2 heterocycles. The first-order valence-corrected chi connectivity index (χ1v) is 12.2. The molecular weight excluding hydrogens is 450 g/mol. The van der Waals surface area contributed by atoms with Crippen molar-refractivity contribution in [3.8, 4) is 0 Å². The molecule has 1 saturated heterocycles. The number of halogens is 1. The molecule has 2 aromatic rings. The van der Waals surface area contributed by atoms with Crippen LogP contribution in [0.25, 0.3) is 0 Å². The average molecular weight is 484 g/mol. The Hall–Kier alpha value is -2.77. The van der Waals surface area contributed by atoms with Gasteiger partial charge in [-0.3, -0.25) is 4.79 Å². The number of nitrogens with one attached hydrogen (secondary N) is 2. The Morgan fingerprint density at radius 1 is 1.26 bits per heavy atom. The van der Waals surface area contributed by atoms with Gasteiger partial charge in [0.05, 0.1) is 5.56 Å². The van der Waals surface area contributed by atoms with Gasteiger partial charge in [-0.15, -0.1) is 0 Å². The Bertz CT molecular complexity index is 1100. The first kappa shape index (κ1) is 24.4. The highest BCUT2D eigenvalue weighted by Gasteiger charge is 2.33. The first-order valence-electron chi connectivity index (χ1n) is 11.9. The van der Waals surface area contributed by atoms with Gasteiger partial charge in [0, 0.05) is 48.5 Å². The van der Waals surface area contributed by atoms with Crippen LogP contribution in [0, 0.1) is 10.6 Å². The average Bonchev–Trinajstić information content (AvgIpc) is 2.93. The van der Waals surface area contributed by atoms with Crippen molar-refractivity contribution < 1.29 is 9.53 Å². The van der Waals surface area contributed by atoms with Crippen molar-refractivity contribution in [3.63, 3.8) is 0 Å². The van der Waals surface area contributed by atoms with Gasteiger partial charge in [-0.05, 0) is 55.7 Å². The minimum Gasteiger partial charge on any atom is -0.710 e. The molecule has 0 bridgehead atoms. The molecule has 0 aromatic heterocycles. The molecule has 2 aromatic carbocycles. The maximum Gasteiger partial charge on any atom is 0.288 e. The Morgan fingerprint density at radius 2 is 2.06 bits per heavy atom. The summed E-state index contributed by atoms with van der Waals surface area (Å²) in [7, 11) is 0. The van der Waals surface area contributed by atoms with E-state index in [1.54, 1.807) is 12.1 Å². The van der Waals surface area contributed by atoms with E-state index in [9.17, 15) is 10.0 Å². The number of fused-ring (bicyclic) bond motifs is 1. The summed E-state index contributed by atoms with van der Waals surface area (Å²) in [6.45, 7) is 12.7. The second-order valence-electron chi connectivity index (χ2n) is 10.3. The Labute approximate surface area is 207 Å². The van der Waals surface area contributed by atoms with E-state index >= 15 is 0 Å². The number of benzene rings is 2. The van der Waals surface area contributed by atoms with Crippen LogP contribution in [0.15, 0.2) is 42.5 Å². The quantitative estimate of drug-likeness (QED) is 0.501. The van der Waals surface area contributed by atoms with Crippen LogP contribution in [0.3, 0.4) is 0 Å². The summed E-state index contributed by atoms with van der Waals surface area (Å²) in [5.41, 5.74) is 3.44. The Kier molecular flexibility index (Phi) is 7.05. The van der Waals surface area contributed by atoms with E-state index < -0.39 is 0 Å². The van der Waals surface area contributed by atoms with Crippen molar-refractivity contribution in [2.75, 3.05) is 37.6 Å². The summed E-state index contributed by atoms with van der Waals surface area (Å²) in [5.74, 6) is 0.310. The summed E-state index contributed by atoms with van der Waals surface area (Å²) >= 11 is 6.24. The molecule has 1 fully saturated rings. The largest absolute Gasteiger partial charge is 0.710 e. The number of carbonyl (C=O) groups excluding carboxylic acids is 1. The molecule has 0 saturated carbocycles. The standard InChI is InChI=1S/C26H34ClN5O2/c1-18(2)29-24(33)15-31-14-20-13-22(30-11-10-28-16-26(3,4)17-30)8-9-23(20)32(34)25(31)19-6-5-7-21(27)12-19/h5-9,12-13,18,28H,10-11,14-17H2,1-4H3,(H,29,33). The fraction of sp³-hybridized carbons (Fsp3) is 0.462. The van der Waals surface area contributed by atoms with E-state index in [-0.39, 0.29) is 23.9 Å². The van der Waals surface area contributed by atoms with Crippen LogP contribution in [0.4, 0.5) is 11.4 Å². The highest BCUT2D eigenvalue weighted by atomic mass is 35.5. The molecule has 7 nitrogen and oxygen atoms in total. The molecule has 4 rings (SSSR count). The van der Waals surface area contributed by atoms with Crippen molar-refractivity contribution >= 4 is 34.7 Å². The van der Waals surface area contributed by atoms with Crippen molar-refractivity contribution in [3.05, 3.63) is 63.8 Å². The second-order valence-corrected chi connectivity index (χ2v) is 10.7. The third-order valence-electron chi connectivity index (χ3n) is 6.15. The molecule has 0 aliphatic carbocycles. The zero-order chi connectivity index (χ0) is 24.5. The molecule has 2 N–H and O–H groups in total. The van der Waals surface area contributed by atoms with Gasteiger partial charge in [0.2, 0.25) is 0 Å². The van der Waals surface area contributed by atoms with Crippen molar-refractivity contribution in [1.29, 1.82) is 0 Å². The molecule has 2 aliphatic heterocycles. The predicted molar refractivity (Wildman–Crippen MR) is 138 cm³/mol. The van der Waals surface area contributed by atoms with Crippen LogP contribution in [0.1, 0.15) is 38.8 Å².